The monoisotopic (exact) mass is 410 g/mol. The van der Waals surface area contributed by atoms with Crippen LogP contribution in [-0.4, -0.2) is 0 Å². The Hall–Kier alpha value is -3.00. The molecule has 0 fully saturated rings. The Morgan fingerprint density at radius 2 is 1.00 bits per heavy atom. The summed E-state index contributed by atoms with van der Waals surface area (Å²) >= 11 is 0. The first-order valence-corrected chi connectivity index (χ1v) is 11.1. The van der Waals surface area contributed by atoms with Crippen molar-refractivity contribution in [2.75, 3.05) is 0 Å². The van der Waals surface area contributed by atoms with E-state index < -0.39 is 0 Å². The molecule has 2 heterocycles. The van der Waals surface area contributed by atoms with E-state index in [1.165, 1.54) is 44.5 Å². The summed E-state index contributed by atoms with van der Waals surface area (Å²) in [6.45, 7) is 13.7. The molecule has 2 aromatic carbocycles. The summed E-state index contributed by atoms with van der Waals surface area (Å²) in [4.78, 5) is 0. The first-order valence-electron chi connectivity index (χ1n) is 11.1. The molecule has 4 aromatic rings. The molecule has 0 unspecified atom stereocenters. The Bertz CT molecular complexity index is 1140. The molecule has 0 atom stereocenters. The molecule has 2 aromatic heterocycles. The molecule has 2 nitrogen and oxygen atoms in total. The highest BCUT2D eigenvalue weighted by atomic mass is 16.3. The summed E-state index contributed by atoms with van der Waals surface area (Å²) in [5.41, 5.74) is 10.5. The van der Waals surface area contributed by atoms with Crippen molar-refractivity contribution in [1.82, 2.24) is 0 Å². The third-order valence-corrected chi connectivity index (χ3v) is 6.35. The fourth-order valence-corrected chi connectivity index (χ4v) is 4.80. The molecule has 0 N–H and O–H groups in total. The Morgan fingerprint density at radius 1 is 0.581 bits per heavy atom. The minimum absolute atomic E-state index is 0.0148. The van der Waals surface area contributed by atoms with E-state index in [1.807, 2.05) is 12.1 Å². The summed E-state index contributed by atoms with van der Waals surface area (Å²) in [7, 11) is 0. The van der Waals surface area contributed by atoms with Crippen LogP contribution in [0.2, 0.25) is 0 Å². The van der Waals surface area contributed by atoms with Gasteiger partial charge in [0.25, 0.3) is 0 Å². The van der Waals surface area contributed by atoms with Crippen LogP contribution in [0.25, 0.3) is 33.8 Å². The Morgan fingerprint density at radius 3 is 1.32 bits per heavy atom. The standard InChI is InChI=1S/C29H30O2/c1-28(2,3)24-16-20-18(14-22(24)26-9-7-11-30-26)13-19-15-23(27-10-8-12-31-27)25(17-21(19)20)29(4,5)6/h7-12,14-17H,13H2,1-6H3. The van der Waals surface area contributed by atoms with E-state index in [0.29, 0.717) is 0 Å². The smallest absolute Gasteiger partial charge is 0.134 e. The topological polar surface area (TPSA) is 26.3 Å². The highest BCUT2D eigenvalue weighted by Gasteiger charge is 2.29. The molecule has 158 valence electrons. The van der Waals surface area contributed by atoms with Gasteiger partial charge in [-0.3, -0.25) is 0 Å². The van der Waals surface area contributed by atoms with Crippen molar-refractivity contribution < 1.29 is 8.83 Å². The molecular weight excluding hydrogens is 380 g/mol. The molecule has 0 spiro atoms. The lowest BCUT2D eigenvalue weighted by Gasteiger charge is -2.25. The summed E-state index contributed by atoms with van der Waals surface area (Å²) in [6.07, 6.45) is 4.45. The van der Waals surface area contributed by atoms with Crippen LogP contribution in [0.15, 0.2) is 69.9 Å². The van der Waals surface area contributed by atoms with Crippen LogP contribution in [0.4, 0.5) is 0 Å². The zero-order valence-electron chi connectivity index (χ0n) is 19.3. The van der Waals surface area contributed by atoms with Crippen LogP contribution in [-0.2, 0) is 17.3 Å². The quantitative estimate of drug-likeness (QED) is 0.292. The second kappa shape index (κ2) is 6.75. The predicted molar refractivity (Wildman–Crippen MR) is 127 cm³/mol. The first-order chi connectivity index (χ1) is 14.6. The van der Waals surface area contributed by atoms with E-state index in [0.717, 1.165) is 17.9 Å². The molecule has 1 aliphatic carbocycles. The number of furan rings is 2. The van der Waals surface area contributed by atoms with Gasteiger partial charge in [0.05, 0.1) is 12.5 Å². The SMILES string of the molecule is CC(C)(C)c1cc2c(cc1-c1ccco1)Cc1cc(-c3ccco3)c(C(C)(C)C)cc1-2. The van der Waals surface area contributed by atoms with E-state index in [2.05, 4.69) is 77.9 Å². The predicted octanol–water partition coefficient (Wildman–Crippen LogP) is 8.37. The molecule has 2 heteroatoms. The zero-order chi connectivity index (χ0) is 22.0. The lowest BCUT2D eigenvalue weighted by molar-refractivity contribution is 0.566. The summed E-state index contributed by atoms with van der Waals surface area (Å²) in [5, 5.41) is 0. The third kappa shape index (κ3) is 3.35. The van der Waals surface area contributed by atoms with Gasteiger partial charge < -0.3 is 8.83 Å². The molecule has 0 saturated heterocycles. The van der Waals surface area contributed by atoms with Crippen molar-refractivity contribution in [3.8, 4) is 33.8 Å². The van der Waals surface area contributed by atoms with Gasteiger partial charge in [-0.25, -0.2) is 0 Å². The molecule has 5 rings (SSSR count). The van der Waals surface area contributed by atoms with E-state index in [4.69, 9.17) is 8.83 Å². The lowest BCUT2D eigenvalue weighted by Crippen LogP contribution is -2.14. The van der Waals surface area contributed by atoms with Crippen molar-refractivity contribution in [3.63, 3.8) is 0 Å². The molecule has 0 radical (unpaired) electrons. The van der Waals surface area contributed by atoms with Gasteiger partial charge in [-0.05, 0) is 99.2 Å². The number of rotatable bonds is 2. The van der Waals surface area contributed by atoms with E-state index in [1.54, 1.807) is 12.5 Å². The fourth-order valence-electron chi connectivity index (χ4n) is 4.80. The average molecular weight is 411 g/mol. The summed E-state index contributed by atoms with van der Waals surface area (Å²) in [5.74, 6) is 1.88. The molecule has 0 amide bonds. The van der Waals surface area contributed by atoms with E-state index in [9.17, 15) is 0 Å². The van der Waals surface area contributed by atoms with Crippen molar-refractivity contribution in [2.24, 2.45) is 0 Å². The summed E-state index contributed by atoms with van der Waals surface area (Å²) < 4.78 is 11.6. The van der Waals surface area contributed by atoms with Crippen molar-refractivity contribution in [2.45, 2.75) is 58.8 Å². The molecular formula is C29H30O2. The highest BCUT2D eigenvalue weighted by molar-refractivity contribution is 5.85. The van der Waals surface area contributed by atoms with Crippen molar-refractivity contribution in [1.29, 1.82) is 0 Å². The minimum Gasteiger partial charge on any atom is -0.464 e. The van der Waals surface area contributed by atoms with E-state index in [-0.39, 0.29) is 10.8 Å². The van der Waals surface area contributed by atoms with Crippen LogP contribution >= 0.6 is 0 Å². The van der Waals surface area contributed by atoms with Gasteiger partial charge in [-0.1, -0.05) is 41.5 Å². The average Bonchev–Trinajstić information content (AvgIpc) is 3.44. The van der Waals surface area contributed by atoms with Gasteiger partial charge in [0.1, 0.15) is 11.5 Å². The first kappa shape index (κ1) is 19.9. The van der Waals surface area contributed by atoms with Gasteiger partial charge in [-0.2, -0.15) is 0 Å². The van der Waals surface area contributed by atoms with Gasteiger partial charge in [0.15, 0.2) is 0 Å². The molecule has 0 bridgehead atoms. The zero-order valence-corrected chi connectivity index (χ0v) is 19.3. The Labute approximate surface area is 184 Å². The fraction of sp³-hybridized carbons (Fsp3) is 0.310. The van der Waals surface area contributed by atoms with E-state index >= 15 is 0 Å². The van der Waals surface area contributed by atoms with Crippen molar-refractivity contribution >= 4 is 0 Å². The second-order valence-corrected chi connectivity index (χ2v) is 10.7. The van der Waals surface area contributed by atoms with Crippen LogP contribution in [0.5, 0.6) is 0 Å². The van der Waals surface area contributed by atoms with Crippen LogP contribution in [0.3, 0.4) is 0 Å². The number of hydrogen-bond donors (Lipinski definition) is 0. The second-order valence-electron chi connectivity index (χ2n) is 10.7. The highest BCUT2D eigenvalue weighted by Crippen LogP contribution is 2.47. The number of benzene rings is 2. The van der Waals surface area contributed by atoms with Crippen LogP contribution in [0.1, 0.15) is 63.8 Å². The molecule has 0 aliphatic heterocycles. The Kier molecular flexibility index (Phi) is 4.34. The molecule has 0 saturated carbocycles. The van der Waals surface area contributed by atoms with Gasteiger partial charge in [-0.15, -0.1) is 0 Å². The maximum Gasteiger partial charge on any atom is 0.134 e. The van der Waals surface area contributed by atoms with Crippen LogP contribution in [0, 0.1) is 0 Å². The number of hydrogen-bond acceptors (Lipinski definition) is 2. The van der Waals surface area contributed by atoms with Crippen molar-refractivity contribution in [3.05, 3.63) is 83.3 Å². The van der Waals surface area contributed by atoms with Gasteiger partial charge in [0.2, 0.25) is 0 Å². The molecule has 1 aliphatic rings. The minimum atomic E-state index is 0.0148. The third-order valence-electron chi connectivity index (χ3n) is 6.35. The number of fused-ring (bicyclic) bond motifs is 3. The van der Waals surface area contributed by atoms with Gasteiger partial charge >= 0.3 is 0 Å². The lowest BCUT2D eigenvalue weighted by atomic mass is 9.79. The Balaban J connectivity index is 1.74. The largest absolute Gasteiger partial charge is 0.464 e. The maximum absolute atomic E-state index is 5.81. The maximum atomic E-state index is 5.81. The summed E-state index contributed by atoms with van der Waals surface area (Å²) in [6, 6.07) is 17.5. The van der Waals surface area contributed by atoms with Gasteiger partial charge in [0, 0.05) is 11.1 Å². The normalized spacial score (nSPS) is 13.4. The molecule has 31 heavy (non-hydrogen) atoms. The van der Waals surface area contributed by atoms with Crippen LogP contribution < -0.4 is 0 Å².